The Bertz CT molecular complexity index is 184. The largest absolute Gasteiger partial charge is 0.500 e. The van der Waals surface area contributed by atoms with Crippen LogP contribution >= 0.6 is 0 Å². The lowest BCUT2D eigenvalue weighted by Gasteiger charge is -2.29. The molecule has 0 atom stereocenters. The molecule has 0 amide bonds. The highest BCUT2D eigenvalue weighted by Crippen LogP contribution is 2.20. The summed E-state index contributed by atoms with van der Waals surface area (Å²) in [6.07, 6.45) is 5.30. The molecule has 0 unspecified atom stereocenters. The van der Waals surface area contributed by atoms with Gasteiger partial charge in [0.05, 0.1) is 0 Å². The zero-order valence-corrected chi connectivity index (χ0v) is 15.0. The molecule has 0 spiro atoms. The topological polar surface area (TPSA) is 39.7 Å². The number of rotatable bonds is 15. The van der Waals surface area contributed by atoms with Crippen LogP contribution in [0.5, 0.6) is 0 Å². The molecule has 20 heavy (non-hydrogen) atoms. The summed E-state index contributed by atoms with van der Waals surface area (Å²) in [5.74, 6) is 0. The van der Waals surface area contributed by atoms with Gasteiger partial charge in [-0.15, -0.1) is 0 Å². The van der Waals surface area contributed by atoms with Crippen molar-refractivity contribution < 1.29 is 13.3 Å². The van der Waals surface area contributed by atoms with E-state index in [1.807, 2.05) is 0 Å². The van der Waals surface area contributed by atoms with Crippen molar-refractivity contribution in [1.29, 1.82) is 0 Å². The summed E-state index contributed by atoms with van der Waals surface area (Å²) in [6.45, 7) is 12.9. The predicted octanol–water partition coefficient (Wildman–Crippen LogP) is 3.59. The molecule has 0 saturated heterocycles. The Morgan fingerprint density at radius 3 is 1.65 bits per heavy atom. The minimum absolute atomic E-state index is 0.743. The van der Waals surface area contributed by atoms with Crippen LogP contribution in [0.15, 0.2) is 0 Å². The molecule has 0 fully saturated rings. The summed E-state index contributed by atoms with van der Waals surface area (Å²) < 4.78 is 18.2. The van der Waals surface area contributed by atoms with Gasteiger partial charge in [0.1, 0.15) is 0 Å². The van der Waals surface area contributed by atoms with Crippen molar-refractivity contribution in [2.24, 2.45) is 0 Å². The van der Waals surface area contributed by atoms with E-state index in [1.165, 1.54) is 0 Å². The minimum atomic E-state index is -2.45. The van der Waals surface area contributed by atoms with Gasteiger partial charge in [-0.05, 0) is 45.2 Å². The van der Waals surface area contributed by atoms with Crippen molar-refractivity contribution in [1.82, 2.24) is 5.32 Å². The van der Waals surface area contributed by atoms with E-state index in [0.29, 0.717) is 0 Å². The molecule has 0 aliphatic rings. The highest BCUT2D eigenvalue weighted by Gasteiger charge is 2.40. The second-order valence-electron chi connectivity index (χ2n) is 5.04. The second kappa shape index (κ2) is 14.0. The summed E-state index contributed by atoms with van der Waals surface area (Å²) in [5, 5.41) is 3.36. The van der Waals surface area contributed by atoms with Gasteiger partial charge in [-0.25, -0.2) is 0 Å². The van der Waals surface area contributed by atoms with Gasteiger partial charge in [-0.1, -0.05) is 27.7 Å². The van der Waals surface area contributed by atoms with Gasteiger partial charge in [0.25, 0.3) is 0 Å². The molecular weight excluding hydrogens is 270 g/mol. The quantitative estimate of drug-likeness (QED) is 0.371. The van der Waals surface area contributed by atoms with Gasteiger partial charge in [0, 0.05) is 25.9 Å². The third kappa shape index (κ3) is 9.88. The van der Waals surface area contributed by atoms with Gasteiger partial charge >= 0.3 is 8.80 Å². The highest BCUT2D eigenvalue weighted by molar-refractivity contribution is 6.60. The minimum Gasteiger partial charge on any atom is -0.373 e. The van der Waals surface area contributed by atoms with Crippen LogP contribution in [0, 0.1) is 0 Å². The van der Waals surface area contributed by atoms with E-state index in [2.05, 4.69) is 33.0 Å². The van der Waals surface area contributed by atoms with Crippen LogP contribution in [-0.2, 0) is 13.3 Å². The van der Waals surface area contributed by atoms with Crippen molar-refractivity contribution >= 4 is 8.80 Å². The molecule has 0 radical (unpaired) electrons. The van der Waals surface area contributed by atoms with E-state index >= 15 is 0 Å². The van der Waals surface area contributed by atoms with Crippen molar-refractivity contribution in [3.05, 3.63) is 0 Å². The Labute approximate surface area is 126 Å². The SMILES string of the molecule is CCCO[Si](CCCCNCC)(OCCC)OCCC. The third-order valence-electron chi connectivity index (χ3n) is 2.91. The van der Waals surface area contributed by atoms with Crippen molar-refractivity contribution in [2.75, 3.05) is 32.9 Å². The molecule has 0 aliphatic carbocycles. The molecule has 0 aliphatic heterocycles. The average Bonchev–Trinajstić information content (AvgIpc) is 2.48. The smallest absolute Gasteiger partial charge is 0.373 e. The Kier molecular flexibility index (Phi) is 14.1. The fourth-order valence-corrected chi connectivity index (χ4v) is 4.79. The van der Waals surface area contributed by atoms with E-state index in [-0.39, 0.29) is 0 Å². The summed E-state index contributed by atoms with van der Waals surface area (Å²) in [7, 11) is -2.45. The number of hydrogen-bond acceptors (Lipinski definition) is 4. The van der Waals surface area contributed by atoms with Crippen LogP contribution in [0.1, 0.15) is 59.8 Å². The standard InChI is InChI=1S/C15H35NO3Si/c1-5-12-17-20(18-13-6-2,19-14-7-3)15-10-9-11-16-8-4/h16H,5-15H2,1-4H3. The summed E-state index contributed by atoms with van der Waals surface area (Å²) in [4.78, 5) is 0. The average molecular weight is 306 g/mol. The zero-order chi connectivity index (χ0) is 15.1. The zero-order valence-electron chi connectivity index (χ0n) is 14.0. The molecule has 0 rings (SSSR count). The van der Waals surface area contributed by atoms with E-state index in [4.69, 9.17) is 13.3 Å². The maximum absolute atomic E-state index is 6.06. The van der Waals surface area contributed by atoms with E-state index in [9.17, 15) is 0 Å². The van der Waals surface area contributed by atoms with Crippen LogP contribution in [0.2, 0.25) is 6.04 Å². The third-order valence-corrected chi connectivity index (χ3v) is 5.81. The maximum atomic E-state index is 6.06. The van der Waals surface area contributed by atoms with Crippen LogP contribution < -0.4 is 5.32 Å². The number of hydrogen-bond donors (Lipinski definition) is 1. The van der Waals surface area contributed by atoms with Gasteiger partial charge < -0.3 is 18.6 Å². The number of unbranched alkanes of at least 4 members (excludes halogenated alkanes) is 1. The highest BCUT2D eigenvalue weighted by atomic mass is 28.4. The lowest BCUT2D eigenvalue weighted by atomic mass is 10.3. The Hall–Kier alpha value is 0.0569. The summed E-state index contributed by atoms with van der Waals surface area (Å²) in [5.41, 5.74) is 0. The van der Waals surface area contributed by atoms with Gasteiger partial charge in [-0.3, -0.25) is 0 Å². The van der Waals surface area contributed by atoms with E-state index in [1.54, 1.807) is 0 Å². The first-order chi connectivity index (χ1) is 9.74. The molecule has 0 heterocycles. The molecule has 0 aromatic carbocycles. The van der Waals surface area contributed by atoms with Crippen molar-refractivity contribution in [3.63, 3.8) is 0 Å². The first kappa shape index (κ1) is 20.1. The normalized spacial score (nSPS) is 12.0. The Balaban J connectivity index is 4.34. The first-order valence-electron chi connectivity index (χ1n) is 8.37. The van der Waals surface area contributed by atoms with Crippen LogP contribution in [-0.4, -0.2) is 41.7 Å². The number of nitrogens with one attached hydrogen (secondary N) is 1. The molecule has 4 nitrogen and oxygen atoms in total. The fraction of sp³-hybridized carbons (Fsp3) is 1.00. The van der Waals surface area contributed by atoms with E-state index in [0.717, 1.165) is 71.1 Å². The van der Waals surface area contributed by atoms with Crippen molar-refractivity contribution in [2.45, 2.75) is 65.8 Å². The van der Waals surface area contributed by atoms with Gasteiger partial charge in [-0.2, -0.15) is 0 Å². The first-order valence-corrected chi connectivity index (χ1v) is 10.3. The molecule has 0 saturated carbocycles. The fourth-order valence-electron chi connectivity index (χ4n) is 1.88. The molecule has 5 heteroatoms. The molecule has 1 N–H and O–H groups in total. The Morgan fingerprint density at radius 1 is 0.750 bits per heavy atom. The van der Waals surface area contributed by atoms with Crippen LogP contribution in [0.4, 0.5) is 0 Å². The second-order valence-corrected chi connectivity index (χ2v) is 7.77. The molecule has 122 valence electrons. The molecule has 0 aromatic rings. The van der Waals surface area contributed by atoms with Gasteiger partial charge in [0.15, 0.2) is 0 Å². The van der Waals surface area contributed by atoms with Gasteiger partial charge in [0.2, 0.25) is 0 Å². The summed E-state index contributed by atoms with van der Waals surface area (Å²) in [6, 6.07) is 0.943. The Morgan fingerprint density at radius 2 is 1.25 bits per heavy atom. The molecular formula is C15H35NO3Si. The van der Waals surface area contributed by atoms with Crippen LogP contribution in [0.25, 0.3) is 0 Å². The lowest BCUT2D eigenvalue weighted by Crippen LogP contribution is -2.46. The lowest BCUT2D eigenvalue weighted by molar-refractivity contribution is 0.0586. The molecule has 0 bridgehead atoms. The monoisotopic (exact) mass is 305 g/mol. The van der Waals surface area contributed by atoms with Crippen LogP contribution in [0.3, 0.4) is 0 Å². The van der Waals surface area contributed by atoms with E-state index < -0.39 is 8.80 Å². The summed E-state index contributed by atoms with van der Waals surface area (Å²) >= 11 is 0. The van der Waals surface area contributed by atoms with Crippen molar-refractivity contribution in [3.8, 4) is 0 Å². The predicted molar refractivity (Wildman–Crippen MR) is 87.1 cm³/mol. The molecule has 0 aromatic heterocycles. The maximum Gasteiger partial charge on any atom is 0.500 e.